The number of carbonyl (C=O) groups excluding carboxylic acids is 1. The summed E-state index contributed by atoms with van der Waals surface area (Å²) in [5.74, 6) is 0.693. The molecule has 17 heavy (non-hydrogen) atoms. The van der Waals surface area contributed by atoms with Crippen LogP contribution in [-0.4, -0.2) is 38.1 Å². The number of nitrogen functional groups attached to an aromatic ring is 1. The fraction of sp³-hybridized carbons (Fsp3) is 0.417. The number of hydrogen-bond acceptors (Lipinski definition) is 4. The molecule has 94 valence electrons. The predicted octanol–water partition coefficient (Wildman–Crippen LogP) is 1.17. The number of methoxy groups -OCH3 is 1. The maximum atomic E-state index is 11.7. The van der Waals surface area contributed by atoms with Gasteiger partial charge in [0, 0.05) is 20.2 Å². The van der Waals surface area contributed by atoms with Crippen molar-refractivity contribution in [1.29, 1.82) is 0 Å². The number of benzene rings is 1. The fourth-order valence-electron chi connectivity index (χ4n) is 1.47. The second-order valence-electron chi connectivity index (χ2n) is 4.05. The van der Waals surface area contributed by atoms with Gasteiger partial charge in [-0.1, -0.05) is 0 Å². The Morgan fingerprint density at radius 2 is 2.12 bits per heavy atom. The highest BCUT2D eigenvalue weighted by Gasteiger charge is 2.15. The van der Waals surface area contributed by atoms with E-state index in [2.05, 4.69) is 5.32 Å². The zero-order valence-electron chi connectivity index (χ0n) is 10.7. The van der Waals surface area contributed by atoms with Gasteiger partial charge >= 0.3 is 0 Å². The number of ether oxygens (including phenoxy) is 1. The van der Waals surface area contributed by atoms with E-state index in [0.717, 1.165) is 0 Å². The summed E-state index contributed by atoms with van der Waals surface area (Å²) < 4.78 is 5.11. The smallest absolute Gasteiger partial charge is 0.244 e. The Morgan fingerprint density at radius 3 is 2.65 bits per heavy atom. The number of amides is 1. The molecule has 1 unspecified atom stereocenters. The average molecular weight is 237 g/mol. The lowest BCUT2D eigenvalue weighted by atomic mass is 10.2. The van der Waals surface area contributed by atoms with Crippen molar-refractivity contribution in [2.45, 2.75) is 13.0 Å². The van der Waals surface area contributed by atoms with Gasteiger partial charge in [-0.15, -0.1) is 0 Å². The molecule has 0 saturated heterocycles. The van der Waals surface area contributed by atoms with E-state index < -0.39 is 0 Å². The van der Waals surface area contributed by atoms with Gasteiger partial charge in [0.05, 0.1) is 18.5 Å². The van der Waals surface area contributed by atoms with E-state index in [1.165, 1.54) is 4.90 Å². The zero-order valence-corrected chi connectivity index (χ0v) is 10.7. The molecule has 5 heteroatoms. The van der Waals surface area contributed by atoms with E-state index in [1.54, 1.807) is 46.3 Å². The fourth-order valence-corrected chi connectivity index (χ4v) is 1.47. The summed E-state index contributed by atoms with van der Waals surface area (Å²) >= 11 is 0. The largest absolute Gasteiger partial charge is 0.497 e. The number of nitrogens with zero attached hydrogens (tertiary/aromatic N) is 1. The van der Waals surface area contributed by atoms with E-state index in [0.29, 0.717) is 17.1 Å². The highest BCUT2D eigenvalue weighted by atomic mass is 16.5. The molecular formula is C12H19N3O2. The van der Waals surface area contributed by atoms with Gasteiger partial charge in [-0.2, -0.15) is 0 Å². The Kier molecular flexibility index (Phi) is 4.20. The van der Waals surface area contributed by atoms with Crippen molar-refractivity contribution in [2.24, 2.45) is 0 Å². The van der Waals surface area contributed by atoms with E-state index in [4.69, 9.17) is 10.5 Å². The van der Waals surface area contributed by atoms with Crippen LogP contribution < -0.4 is 15.8 Å². The lowest BCUT2D eigenvalue weighted by molar-refractivity contribution is -0.129. The van der Waals surface area contributed by atoms with Gasteiger partial charge in [0.25, 0.3) is 0 Å². The third-order valence-electron chi connectivity index (χ3n) is 2.44. The van der Waals surface area contributed by atoms with Crippen molar-refractivity contribution in [3.05, 3.63) is 18.2 Å². The van der Waals surface area contributed by atoms with Crippen LogP contribution in [0.15, 0.2) is 18.2 Å². The molecule has 0 aromatic heterocycles. The average Bonchev–Trinajstić information content (AvgIpc) is 2.30. The first-order chi connectivity index (χ1) is 7.95. The minimum absolute atomic E-state index is 0.00720. The normalized spacial score (nSPS) is 11.8. The molecule has 0 aliphatic carbocycles. The third-order valence-corrected chi connectivity index (χ3v) is 2.44. The van der Waals surface area contributed by atoms with Crippen molar-refractivity contribution in [1.82, 2.24) is 4.90 Å². The molecule has 0 aliphatic heterocycles. The van der Waals surface area contributed by atoms with Crippen LogP contribution in [0.5, 0.6) is 5.75 Å². The first-order valence-electron chi connectivity index (χ1n) is 5.37. The Hall–Kier alpha value is -1.91. The summed E-state index contributed by atoms with van der Waals surface area (Å²) in [7, 11) is 5.02. The minimum atomic E-state index is -0.334. The van der Waals surface area contributed by atoms with Gasteiger partial charge in [0.15, 0.2) is 0 Å². The van der Waals surface area contributed by atoms with Crippen LogP contribution in [0.2, 0.25) is 0 Å². The van der Waals surface area contributed by atoms with Gasteiger partial charge in [0.2, 0.25) is 5.91 Å². The van der Waals surface area contributed by atoms with Crippen molar-refractivity contribution < 1.29 is 9.53 Å². The molecule has 3 N–H and O–H groups in total. The molecule has 0 heterocycles. The Balaban J connectivity index is 2.83. The predicted molar refractivity (Wildman–Crippen MR) is 69.2 cm³/mol. The monoisotopic (exact) mass is 237 g/mol. The first-order valence-corrected chi connectivity index (χ1v) is 5.37. The molecule has 1 atom stereocenters. The molecule has 0 radical (unpaired) electrons. The maximum absolute atomic E-state index is 11.7. The molecule has 0 saturated carbocycles. The zero-order chi connectivity index (χ0) is 13.0. The molecule has 0 bridgehead atoms. The van der Waals surface area contributed by atoms with Gasteiger partial charge in [-0.3, -0.25) is 4.79 Å². The molecule has 1 amide bonds. The van der Waals surface area contributed by atoms with Crippen molar-refractivity contribution in [2.75, 3.05) is 32.3 Å². The Morgan fingerprint density at radius 1 is 1.47 bits per heavy atom. The number of likely N-dealkylation sites (N-methyl/N-ethyl adjacent to an activating group) is 1. The van der Waals surface area contributed by atoms with Crippen LogP contribution in [-0.2, 0) is 4.79 Å². The van der Waals surface area contributed by atoms with Crippen LogP contribution in [0.25, 0.3) is 0 Å². The molecule has 0 aliphatic rings. The summed E-state index contributed by atoms with van der Waals surface area (Å²) in [5.41, 5.74) is 7.11. The lowest BCUT2D eigenvalue weighted by Gasteiger charge is -2.20. The summed E-state index contributed by atoms with van der Waals surface area (Å²) in [6.45, 7) is 1.79. The highest BCUT2D eigenvalue weighted by molar-refractivity contribution is 5.85. The van der Waals surface area contributed by atoms with E-state index in [9.17, 15) is 4.79 Å². The first kappa shape index (κ1) is 13.2. The SMILES string of the molecule is COc1ccc(N)c(NC(C)C(=O)N(C)C)c1. The molecule has 5 nitrogen and oxygen atoms in total. The summed E-state index contributed by atoms with van der Waals surface area (Å²) in [5, 5.41) is 3.07. The molecule has 0 fully saturated rings. The topological polar surface area (TPSA) is 67.6 Å². The molecular weight excluding hydrogens is 218 g/mol. The summed E-state index contributed by atoms with van der Waals surface area (Å²) in [4.78, 5) is 13.2. The lowest BCUT2D eigenvalue weighted by Crippen LogP contribution is -2.36. The van der Waals surface area contributed by atoms with Crippen LogP contribution in [0.1, 0.15) is 6.92 Å². The molecule has 1 aromatic carbocycles. The Bertz CT molecular complexity index is 405. The number of nitrogens with two attached hydrogens (primary N) is 1. The maximum Gasteiger partial charge on any atom is 0.244 e. The summed E-state index contributed by atoms with van der Waals surface area (Å²) in [6.07, 6.45) is 0. The Labute approximate surface area is 102 Å². The van der Waals surface area contributed by atoms with Gasteiger partial charge in [0.1, 0.15) is 11.8 Å². The van der Waals surface area contributed by atoms with Gasteiger partial charge in [-0.25, -0.2) is 0 Å². The standard InChI is InChI=1S/C12H19N3O2/c1-8(12(16)15(2)3)14-11-7-9(17-4)5-6-10(11)13/h5-8,14H,13H2,1-4H3. The van der Waals surface area contributed by atoms with E-state index in [-0.39, 0.29) is 11.9 Å². The van der Waals surface area contributed by atoms with Crippen molar-refractivity contribution >= 4 is 17.3 Å². The van der Waals surface area contributed by atoms with Crippen molar-refractivity contribution in [3.8, 4) is 5.75 Å². The molecule has 1 rings (SSSR count). The van der Waals surface area contributed by atoms with Crippen LogP contribution in [0.3, 0.4) is 0 Å². The third kappa shape index (κ3) is 3.27. The van der Waals surface area contributed by atoms with Gasteiger partial charge in [-0.05, 0) is 19.1 Å². The number of hydrogen-bond donors (Lipinski definition) is 2. The highest BCUT2D eigenvalue weighted by Crippen LogP contribution is 2.25. The quantitative estimate of drug-likeness (QED) is 0.771. The summed E-state index contributed by atoms with van der Waals surface area (Å²) in [6, 6.07) is 4.96. The minimum Gasteiger partial charge on any atom is -0.497 e. The second kappa shape index (κ2) is 5.43. The van der Waals surface area contributed by atoms with E-state index >= 15 is 0 Å². The molecule has 1 aromatic rings. The molecule has 0 spiro atoms. The van der Waals surface area contributed by atoms with Crippen LogP contribution in [0.4, 0.5) is 11.4 Å². The second-order valence-corrected chi connectivity index (χ2v) is 4.05. The van der Waals surface area contributed by atoms with Crippen molar-refractivity contribution in [3.63, 3.8) is 0 Å². The van der Waals surface area contributed by atoms with E-state index in [1.807, 2.05) is 0 Å². The number of carbonyl (C=O) groups is 1. The number of anilines is 2. The van der Waals surface area contributed by atoms with Gasteiger partial charge < -0.3 is 20.7 Å². The number of nitrogens with one attached hydrogen (secondary N) is 1. The number of rotatable bonds is 4. The van der Waals surface area contributed by atoms with Crippen LogP contribution in [0, 0.1) is 0 Å². The van der Waals surface area contributed by atoms with Crippen LogP contribution >= 0.6 is 0 Å².